The molecule has 1 aromatic carbocycles. The largest absolute Gasteiger partial charge is 0.399 e. The maximum atomic E-state index is 13.9. The van der Waals surface area contributed by atoms with E-state index in [1.165, 1.54) is 17.0 Å². The van der Waals surface area contributed by atoms with Crippen LogP contribution in [0.2, 0.25) is 0 Å². The number of benzene rings is 1. The second kappa shape index (κ2) is 6.64. The van der Waals surface area contributed by atoms with E-state index in [2.05, 4.69) is 0 Å². The van der Waals surface area contributed by atoms with E-state index in [0.717, 1.165) is 12.2 Å². The van der Waals surface area contributed by atoms with Crippen molar-refractivity contribution in [2.45, 2.75) is 13.3 Å². The van der Waals surface area contributed by atoms with Crippen molar-refractivity contribution >= 4 is 23.4 Å². The molecule has 3 nitrogen and oxygen atoms in total. The monoisotopic (exact) mass is 270 g/mol. The van der Waals surface area contributed by atoms with Crippen molar-refractivity contribution < 1.29 is 9.18 Å². The second-order valence-corrected chi connectivity index (χ2v) is 5.26. The number of hydrogen-bond acceptors (Lipinski definition) is 3. The van der Waals surface area contributed by atoms with Crippen molar-refractivity contribution in [1.29, 1.82) is 0 Å². The van der Waals surface area contributed by atoms with Gasteiger partial charge in [-0.2, -0.15) is 11.8 Å². The van der Waals surface area contributed by atoms with E-state index in [4.69, 9.17) is 5.73 Å². The lowest BCUT2D eigenvalue weighted by Crippen LogP contribution is -2.29. The Kier molecular flexibility index (Phi) is 5.47. The van der Waals surface area contributed by atoms with Crippen molar-refractivity contribution in [2.24, 2.45) is 0 Å². The van der Waals surface area contributed by atoms with Crippen molar-refractivity contribution in [3.8, 4) is 0 Å². The minimum absolute atomic E-state index is 0.0548. The van der Waals surface area contributed by atoms with E-state index in [9.17, 15) is 9.18 Å². The van der Waals surface area contributed by atoms with Gasteiger partial charge in [-0.05, 0) is 43.0 Å². The van der Waals surface area contributed by atoms with Gasteiger partial charge in [0.15, 0.2) is 0 Å². The summed E-state index contributed by atoms with van der Waals surface area (Å²) in [4.78, 5) is 13.6. The summed E-state index contributed by atoms with van der Waals surface area (Å²) in [6.45, 7) is 2.23. The standard InChI is InChI=1S/C13H19FN2OS/c1-9-7-10(15)8-11(12(9)14)13(17)16(2)5-4-6-18-3/h7-8H,4-6,15H2,1-3H3. The van der Waals surface area contributed by atoms with E-state index in [-0.39, 0.29) is 11.5 Å². The Labute approximate surface area is 112 Å². The molecule has 0 fully saturated rings. The van der Waals surface area contributed by atoms with Gasteiger partial charge in [-0.1, -0.05) is 0 Å². The predicted octanol–water partition coefficient (Wildman–Crippen LogP) is 2.54. The van der Waals surface area contributed by atoms with Crippen LogP contribution in [-0.4, -0.2) is 36.4 Å². The predicted molar refractivity (Wildman–Crippen MR) is 75.5 cm³/mol. The number of nitrogens with zero attached hydrogens (tertiary/aromatic N) is 1. The number of amides is 1. The van der Waals surface area contributed by atoms with Crippen LogP contribution in [-0.2, 0) is 0 Å². The first-order valence-electron chi connectivity index (χ1n) is 5.77. The lowest BCUT2D eigenvalue weighted by Gasteiger charge is -2.18. The first-order chi connectivity index (χ1) is 8.47. The average molecular weight is 270 g/mol. The van der Waals surface area contributed by atoms with Gasteiger partial charge in [-0.25, -0.2) is 4.39 Å². The summed E-state index contributed by atoms with van der Waals surface area (Å²) in [6.07, 6.45) is 2.91. The molecule has 0 spiro atoms. The average Bonchev–Trinajstić information content (AvgIpc) is 2.33. The lowest BCUT2D eigenvalue weighted by atomic mass is 10.1. The van der Waals surface area contributed by atoms with Gasteiger partial charge < -0.3 is 10.6 Å². The number of halogens is 1. The van der Waals surface area contributed by atoms with Gasteiger partial charge in [0.1, 0.15) is 5.82 Å². The Balaban J connectivity index is 2.83. The molecule has 1 rings (SSSR count). The number of anilines is 1. The van der Waals surface area contributed by atoms with Crippen LogP contribution in [0.4, 0.5) is 10.1 Å². The van der Waals surface area contributed by atoms with Crippen LogP contribution in [0.5, 0.6) is 0 Å². The van der Waals surface area contributed by atoms with Crippen LogP contribution in [0.1, 0.15) is 22.3 Å². The molecule has 0 saturated carbocycles. The first kappa shape index (κ1) is 14.8. The van der Waals surface area contributed by atoms with E-state index < -0.39 is 5.82 Å². The van der Waals surface area contributed by atoms with Crippen LogP contribution in [0.3, 0.4) is 0 Å². The molecule has 18 heavy (non-hydrogen) atoms. The third-order valence-electron chi connectivity index (χ3n) is 2.70. The summed E-state index contributed by atoms with van der Waals surface area (Å²) in [5.41, 5.74) is 6.51. The maximum Gasteiger partial charge on any atom is 0.256 e. The first-order valence-corrected chi connectivity index (χ1v) is 7.16. The van der Waals surface area contributed by atoms with Crippen LogP contribution < -0.4 is 5.73 Å². The molecule has 0 bridgehead atoms. The van der Waals surface area contributed by atoms with Crippen LogP contribution >= 0.6 is 11.8 Å². The fourth-order valence-electron chi connectivity index (χ4n) is 1.71. The van der Waals surface area contributed by atoms with Gasteiger partial charge in [0.25, 0.3) is 5.91 Å². The molecule has 0 unspecified atom stereocenters. The SMILES string of the molecule is CSCCCN(C)C(=O)c1cc(N)cc(C)c1F. The van der Waals surface area contributed by atoms with Gasteiger partial charge in [0.2, 0.25) is 0 Å². The lowest BCUT2D eigenvalue weighted by molar-refractivity contribution is 0.0791. The molecule has 0 aliphatic rings. The Hall–Kier alpha value is -1.23. The number of carbonyl (C=O) groups excluding carboxylic acids is 1. The highest BCUT2D eigenvalue weighted by molar-refractivity contribution is 7.98. The normalized spacial score (nSPS) is 10.4. The summed E-state index contributed by atoms with van der Waals surface area (Å²) >= 11 is 1.73. The van der Waals surface area contributed by atoms with E-state index in [1.807, 2.05) is 6.26 Å². The molecule has 0 aliphatic carbocycles. The molecular weight excluding hydrogens is 251 g/mol. The topological polar surface area (TPSA) is 46.3 Å². The summed E-state index contributed by atoms with van der Waals surface area (Å²) in [5, 5.41) is 0. The highest BCUT2D eigenvalue weighted by atomic mass is 32.2. The molecule has 0 atom stereocenters. The molecule has 0 aromatic heterocycles. The Morgan fingerprint density at radius 1 is 1.50 bits per heavy atom. The quantitative estimate of drug-likeness (QED) is 0.660. The van der Waals surface area contributed by atoms with Crippen molar-refractivity contribution in [3.63, 3.8) is 0 Å². The minimum atomic E-state index is -0.481. The van der Waals surface area contributed by atoms with Gasteiger partial charge in [-0.15, -0.1) is 0 Å². The maximum absolute atomic E-state index is 13.9. The summed E-state index contributed by atoms with van der Waals surface area (Å²) < 4.78 is 13.9. The fraction of sp³-hybridized carbons (Fsp3) is 0.462. The smallest absolute Gasteiger partial charge is 0.256 e. The Morgan fingerprint density at radius 3 is 2.78 bits per heavy atom. The molecular formula is C13H19FN2OS. The Bertz CT molecular complexity index is 437. The molecule has 0 heterocycles. The summed E-state index contributed by atoms with van der Waals surface area (Å²) in [5.74, 6) is 0.186. The third-order valence-corrected chi connectivity index (χ3v) is 3.39. The number of thioether (sulfide) groups is 1. The number of carbonyl (C=O) groups is 1. The van der Waals surface area contributed by atoms with Crippen LogP contribution in [0.25, 0.3) is 0 Å². The molecule has 1 amide bonds. The van der Waals surface area contributed by atoms with Gasteiger partial charge >= 0.3 is 0 Å². The molecule has 0 radical (unpaired) electrons. The highest BCUT2D eigenvalue weighted by Gasteiger charge is 2.18. The van der Waals surface area contributed by atoms with E-state index in [0.29, 0.717) is 17.8 Å². The summed E-state index contributed by atoms with van der Waals surface area (Å²) in [6, 6.07) is 2.93. The number of nitrogen functional groups attached to an aromatic ring is 1. The molecule has 0 aliphatic heterocycles. The number of nitrogens with two attached hydrogens (primary N) is 1. The molecule has 2 N–H and O–H groups in total. The molecule has 100 valence electrons. The van der Waals surface area contributed by atoms with Crippen LogP contribution in [0.15, 0.2) is 12.1 Å². The van der Waals surface area contributed by atoms with Crippen molar-refractivity contribution in [3.05, 3.63) is 29.1 Å². The van der Waals surface area contributed by atoms with Crippen LogP contribution in [0, 0.1) is 12.7 Å². The molecule has 1 aromatic rings. The highest BCUT2D eigenvalue weighted by Crippen LogP contribution is 2.18. The van der Waals surface area contributed by atoms with Gasteiger partial charge in [0, 0.05) is 19.3 Å². The fourth-order valence-corrected chi connectivity index (χ4v) is 2.12. The minimum Gasteiger partial charge on any atom is -0.399 e. The van der Waals surface area contributed by atoms with E-state index >= 15 is 0 Å². The van der Waals surface area contributed by atoms with Gasteiger partial charge in [0.05, 0.1) is 5.56 Å². The third kappa shape index (κ3) is 3.63. The number of hydrogen-bond donors (Lipinski definition) is 1. The Morgan fingerprint density at radius 2 is 2.17 bits per heavy atom. The number of rotatable bonds is 5. The zero-order valence-corrected chi connectivity index (χ0v) is 11.8. The zero-order chi connectivity index (χ0) is 13.7. The van der Waals surface area contributed by atoms with E-state index in [1.54, 1.807) is 25.7 Å². The van der Waals surface area contributed by atoms with Crippen molar-refractivity contribution in [1.82, 2.24) is 4.90 Å². The van der Waals surface area contributed by atoms with Gasteiger partial charge in [-0.3, -0.25) is 4.79 Å². The van der Waals surface area contributed by atoms with Crippen molar-refractivity contribution in [2.75, 3.05) is 31.3 Å². The molecule has 0 saturated heterocycles. The second-order valence-electron chi connectivity index (χ2n) is 4.27. The summed E-state index contributed by atoms with van der Waals surface area (Å²) in [7, 11) is 1.68. The number of aryl methyl sites for hydroxylation is 1. The zero-order valence-electron chi connectivity index (χ0n) is 11.0. The molecule has 5 heteroatoms.